The molecule has 21 heavy (non-hydrogen) atoms. The zero-order valence-electron chi connectivity index (χ0n) is 12.1. The predicted octanol–water partition coefficient (Wildman–Crippen LogP) is 2.22. The summed E-state index contributed by atoms with van der Waals surface area (Å²) < 4.78 is 0. The number of rotatable bonds is 3. The summed E-state index contributed by atoms with van der Waals surface area (Å²) in [5.41, 5.74) is 6.29. The number of aryl methyl sites for hydroxylation is 1. The molecule has 0 saturated carbocycles. The maximum Gasteiger partial charge on any atom is 0.275 e. The fraction of sp³-hybridized carbons (Fsp3) is 0.312. The summed E-state index contributed by atoms with van der Waals surface area (Å²) in [6.45, 7) is 4.98. The largest absolute Gasteiger partial charge is 0.294 e. The second-order valence-electron chi connectivity index (χ2n) is 5.39. The second-order valence-corrected chi connectivity index (χ2v) is 6.65. The van der Waals surface area contributed by atoms with Crippen LogP contribution in [0.1, 0.15) is 31.2 Å². The summed E-state index contributed by atoms with van der Waals surface area (Å²) in [5.74, 6) is 4.99. The summed E-state index contributed by atoms with van der Waals surface area (Å²) in [5, 5.41) is 0. The summed E-state index contributed by atoms with van der Waals surface area (Å²) in [6, 6.07) is 10.6. The van der Waals surface area contributed by atoms with Crippen molar-refractivity contribution in [2.45, 2.75) is 26.4 Å². The fourth-order valence-corrected chi connectivity index (χ4v) is 3.73. The average molecular weight is 301 g/mol. The van der Waals surface area contributed by atoms with Crippen LogP contribution in [-0.2, 0) is 19.5 Å². The van der Waals surface area contributed by atoms with E-state index in [1.165, 1.54) is 32.9 Å². The van der Waals surface area contributed by atoms with Crippen LogP contribution in [0.2, 0.25) is 0 Å². The van der Waals surface area contributed by atoms with E-state index in [0.29, 0.717) is 4.88 Å². The van der Waals surface area contributed by atoms with Crippen LogP contribution < -0.4 is 11.3 Å². The lowest BCUT2D eigenvalue weighted by Gasteiger charge is -2.28. The number of fused-ring (bicyclic) bond motifs is 1. The van der Waals surface area contributed by atoms with Crippen molar-refractivity contribution in [2.75, 3.05) is 6.54 Å². The van der Waals surface area contributed by atoms with Crippen LogP contribution in [0.3, 0.4) is 0 Å². The zero-order valence-corrected chi connectivity index (χ0v) is 12.9. The molecule has 4 nitrogen and oxygen atoms in total. The molecule has 5 heteroatoms. The van der Waals surface area contributed by atoms with Crippen LogP contribution in [-0.4, -0.2) is 17.4 Å². The van der Waals surface area contributed by atoms with Gasteiger partial charge in [0.2, 0.25) is 0 Å². The number of nitrogens with two attached hydrogens (primary N) is 1. The number of hydrogen-bond acceptors (Lipinski definition) is 4. The molecular formula is C16H19N3OS. The van der Waals surface area contributed by atoms with E-state index in [4.69, 9.17) is 5.84 Å². The Bertz CT molecular complexity index is 665. The molecule has 0 saturated heterocycles. The smallest absolute Gasteiger partial charge is 0.275 e. The highest BCUT2D eigenvalue weighted by molar-refractivity contribution is 7.14. The van der Waals surface area contributed by atoms with E-state index in [9.17, 15) is 4.79 Å². The molecule has 110 valence electrons. The number of carbonyl (C=O) groups is 1. The number of amides is 1. The van der Waals surface area contributed by atoms with E-state index in [0.717, 1.165) is 26.1 Å². The predicted molar refractivity (Wildman–Crippen MR) is 85.0 cm³/mol. The van der Waals surface area contributed by atoms with Crippen LogP contribution >= 0.6 is 11.3 Å². The average Bonchev–Trinajstić information content (AvgIpc) is 2.87. The highest BCUT2D eigenvalue weighted by atomic mass is 32.1. The number of thiophene rings is 1. The molecule has 0 fully saturated rings. The fourth-order valence-electron chi connectivity index (χ4n) is 2.79. The molecule has 0 bridgehead atoms. The molecule has 0 atom stereocenters. The van der Waals surface area contributed by atoms with E-state index < -0.39 is 0 Å². The summed E-state index contributed by atoms with van der Waals surface area (Å²) >= 11 is 1.50. The molecule has 1 aromatic carbocycles. The number of nitrogens with one attached hydrogen (secondary N) is 1. The van der Waals surface area contributed by atoms with Crippen molar-refractivity contribution in [3.05, 3.63) is 56.8 Å². The molecule has 0 radical (unpaired) electrons. The minimum Gasteiger partial charge on any atom is -0.294 e. The monoisotopic (exact) mass is 301 g/mol. The number of nitrogens with zero attached hydrogens (tertiary/aromatic N) is 1. The van der Waals surface area contributed by atoms with Crippen LogP contribution in [0.25, 0.3) is 0 Å². The molecule has 0 unspecified atom stereocenters. The summed E-state index contributed by atoms with van der Waals surface area (Å²) in [4.78, 5) is 15.9. The Morgan fingerprint density at radius 2 is 2.14 bits per heavy atom. The van der Waals surface area contributed by atoms with Gasteiger partial charge in [-0.3, -0.25) is 15.1 Å². The molecule has 0 spiro atoms. The molecule has 3 N–H and O–H groups in total. The van der Waals surface area contributed by atoms with Crippen molar-refractivity contribution >= 4 is 17.2 Å². The molecule has 1 aliphatic rings. The Hall–Kier alpha value is -1.69. The third-order valence-corrected chi connectivity index (χ3v) is 5.07. The van der Waals surface area contributed by atoms with Crippen molar-refractivity contribution in [3.63, 3.8) is 0 Å². The van der Waals surface area contributed by atoms with Gasteiger partial charge in [-0.25, -0.2) is 5.84 Å². The SMILES string of the molecule is Cc1sc(C(=O)NN)cc1CN1CCc2ccccc2C1. The number of hydrogen-bond donors (Lipinski definition) is 2. The topological polar surface area (TPSA) is 58.4 Å². The second kappa shape index (κ2) is 5.97. The van der Waals surface area contributed by atoms with E-state index in [1.54, 1.807) is 0 Å². The van der Waals surface area contributed by atoms with Crippen LogP contribution in [0.15, 0.2) is 30.3 Å². The van der Waals surface area contributed by atoms with Gasteiger partial charge < -0.3 is 0 Å². The van der Waals surface area contributed by atoms with Gasteiger partial charge >= 0.3 is 0 Å². The lowest BCUT2D eigenvalue weighted by Crippen LogP contribution is -2.30. The van der Waals surface area contributed by atoms with Gasteiger partial charge in [-0.2, -0.15) is 0 Å². The van der Waals surface area contributed by atoms with Gasteiger partial charge in [0.15, 0.2) is 0 Å². The number of hydrazine groups is 1. The third-order valence-electron chi connectivity index (χ3n) is 3.98. The first kappa shape index (κ1) is 14.3. The third kappa shape index (κ3) is 3.00. The Balaban J connectivity index is 1.73. The first-order chi connectivity index (χ1) is 10.2. The molecule has 2 heterocycles. The molecule has 1 aromatic heterocycles. The molecule has 3 rings (SSSR count). The van der Waals surface area contributed by atoms with E-state index in [-0.39, 0.29) is 5.91 Å². The van der Waals surface area contributed by atoms with Crippen molar-refractivity contribution in [2.24, 2.45) is 5.84 Å². The molecule has 1 aliphatic heterocycles. The van der Waals surface area contributed by atoms with Crippen molar-refractivity contribution in [1.82, 2.24) is 10.3 Å². The Morgan fingerprint density at radius 3 is 2.90 bits per heavy atom. The lowest BCUT2D eigenvalue weighted by atomic mass is 9.99. The summed E-state index contributed by atoms with van der Waals surface area (Å²) in [7, 11) is 0. The number of benzene rings is 1. The molecule has 2 aromatic rings. The number of carbonyl (C=O) groups excluding carboxylic acids is 1. The Labute approximate surface area is 128 Å². The Kier molecular flexibility index (Phi) is 4.05. The van der Waals surface area contributed by atoms with E-state index in [2.05, 4.69) is 41.5 Å². The van der Waals surface area contributed by atoms with Crippen molar-refractivity contribution < 1.29 is 4.79 Å². The highest BCUT2D eigenvalue weighted by Gasteiger charge is 2.18. The van der Waals surface area contributed by atoms with Gasteiger partial charge in [-0.15, -0.1) is 11.3 Å². The van der Waals surface area contributed by atoms with Crippen molar-refractivity contribution in [3.8, 4) is 0 Å². The molecular weight excluding hydrogens is 282 g/mol. The normalized spacial score (nSPS) is 14.8. The quantitative estimate of drug-likeness (QED) is 0.519. The van der Waals surface area contributed by atoms with Gasteiger partial charge in [-0.05, 0) is 36.1 Å². The standard InChI is InChI=1S/C16H19N3OS/c1-11-14(8-15(21-11)16(20)18-17)10-19-7-6-12-4-2-3-5-13(12)9-19/h2-5,8H,6-7,9-10,17H2,1H3,(H,18,20). The zero-order chi connectivity index (χ0) is 14.8. The maximum atomic E-state index is 11.6. The molecule has 1 amide bonds. The van der Waals surface area contributed by atoms with Crippen molar-refractivity contribution in [1.29, 1.82) is 0 Å². The van der Waals surface area contributed by atoms with Crippen LogP contribution in [0.5, 0.6) is 0 Å². The highest BCUT2D eigenvalue weighted by Crippen LogP contribution is 2.25. The van der Waals surface area contributed by atoms with Crippen LogP contribution in [0, 0.1) is 6.92 Å². The van der Waals surface area contributed by atoms with Gasteiger partial charge in [0.05, 0.1) is 4.88 Å². The minimum absolute atomic E-state index is 0.210. The number of nitrogen functional groups attached to an aromatic ring is 1. The van der Waals surface area contributed by atoms with E-state index in [1.807, 2.05) is 6.07 Å². The van der Waals surface area contributed by atoms with Gasteiger partial charge in [0, 0.05) is 24.5 Å². The first-order valence-electron chi connectivity index (χ1n) is 7.07. The first-order valence-corrected chi connectivity index (χ1v) is 7.88. The van der Waals surface area contributed by atoms with Gasteiger partial charge in [0.1, 0.15) is 0 Å². The summed E-state index contributed by atoms with van der Waals surface area (Å²) in [6.07, 6.45) is 1.09. The maximum absolute atomic E-state index is 11.6. The Morgan fingerprint density at radius 1 is 1.38 bits per heavy atom. The van der Waals surface area contributed by atoms with Gasteiger partial charge in [0.25, 0.3) is 5.91 Å². The lowest BCUT2D eigenvalue weighted by molar-refractivity contribution is 0.0957. The van der Waals surface area contributed by atoms with Gasteiger partial charge in [-0.1, -0.05) is 24.3 Å². The minimum atomic E-state index is -0.210. The molecule has 0 aliphatic carbocycles. The van der Waals surface area contributed by atoms with E-state index >= 15 is 0 Å². The van der Waals surface area contributed by atoms with Crippen LogP contribution in [0.4, 0.5) is 0 Å².